The first-order valence-corrected chi connectivity index (χ1v) is 4.97. The molecule has 0 bridgehead atoms. The fraction of sp³-hybridized carbons (Fsp3) is 0.214. The molecule has 15 heavy (non-hydrogen) atoms. The van der Waals surface area contributed by atoms with E-state index in [9.17, 15) is 0 Å². The summed E-state index contributed by atoms with van der Waals surface area (Å²) in [5.41, 5.74) is 1.64. The number of hydrogen-bond acceptors (Lipinski definition) is 1. The number of fused-ring (bicyclic) bond motifs is 1. The molecule has 0 aliphatic carbocycles. The van der Waals surface area contributed by atoms with Crippen molar-refractivity contribution in [3.05, 3.63) is 42.1 Å². The molecular weight excluding hydrogens is 182 g/mol. The van der Waals surface area contributed by atoms with Gasteiger partial charge in [-0.05, 0) is 26.0 Å². The SMILES string of the molecule is C#CC(C)(C)c1ccc2ccccc2n1. The minimum Gasteiger partial charge on any atom is -0.251 e. The van der Waals surface area contributed by atoms with Gasteiger partial charge >= 0.3 is 0 Å². The lowest BCUT2D eigenvalue weighted by atomic mass is 9.90. The van der Waals surface area contributed by atoms with Crippen LogP contribution in [0.1, 0.15) is 19.5 Å². The van der Waals surface area contributed by atoms with Crippen LogP contribution in [0.2, 0.25) is 0 Å². The van der Waals surface area contributed by atoms with Gasteiger partial charge in [-0.1, -0.05) is 30.2 Å². The summed E-state index contributed by atoms with van der Waals surface area (Å²) in [6.45, 7) is 4.01. The van der Waals surface area contributed by atoms with Gasteiger partial charge in [-0.3, -0.25) is 4.98 Å². The van der Waals surface area contributed by atoms with Crippen LogP contribution in [0.15, 0.2) is 36.4 Å². The average molecular weight is 195 g/mol. The molecule has 0 amide bonds. The van der Waals surface area contributed by atoms with Crippen LogP contribution >= 0.6 is 0 Å². The molecule has 0 aliphatic rings. The van der Waals surface area contributed by atoms with Crippen molar-refractivity contribution < 1.29 is 0 Å². The Morgan fingerprint density at radius 2 is 1.87 bits per heavy atom. The summed E-state index contributed by atoms with van der Waals surface area (Å²) in [6.07, 6.45) is 5.49. The van der Waals surface area contributed by atoms with Gasteiger partial charge in [-0.15, -0.1) is 6.42 Å². The predicted molar refractivity (Wildman–Crippen MR) is 63.6 cm³/mol. The van der Waals surface area contributed by atoms with Gasteiger partial charge < -0.3 is 0 Å². The lowest BCUT2D eigenvalue weighted by molar-refractivity contribution is 0.674. The molecule has 0 saturated heterocycles. The van der Waals surface area contributed by atoms with Crippen LogP contribution in [0, 0.1) is 12.3 Å². The third-order valence-corrected chi connectivity index (χ3v) is 2.60. The molecule has 0 N–H and O–H groups in total. The molecule has 0 unspecified atom stereocenters. The number of aromatic nitrogens is 1. The van der Waals surface area contributed by atoms with Gasteiger partial charge in [0.25, 0.3) is 0 Å². The van der Waals surface area contributed by atoms with Gasteiger partial charge in [-0.2, -0.15) is 0 Å². The zero-order valence-corrected chi connectivity index (χ0v) is 8.99. The van der Waals surface area contributed by atoms with E-state index in [-0.39, 0.29) is 5.41 Å². The molecule has 0 atom stereocenters. The van der Waals surface area contributed by atoms with E-state index < -0.39 is 0 Å². The van der Waals surface area contributed by atoms with Crippen LogP contribution in [0.5, 0.6) is 0 Å². The van der Waals surface area contributed by atoms with E-state index in [1.165, 1.54) is 0 Å². The summed E-state index contributed by atoms with van der Waals surface area (Å²) in [5, 5.41) is 1.15. The fourth-order valence-corrected chi connectivity index (χ4v) is 1.49. The van der Waals surface area contributed by atoms with Crippen molar-refractivity contribution >= 4 is 10.9 Å². The van der Waals surface area contributed by atoms with Crippen LogP contribution in [0.25, 0.3) is 10.9 Å². The minimum absolute atomic E-state index is 0.302. The molecule has 0 spiro atoms. The molecule has 0 radical (unpaired) electrons. The third kappa shape index (κ3) is 1.71. The molecule has 1 aromatic heterocycles. The second-order valence-electron chi connectivity index (χ2n) is 4.16. The molecule has 0 aliphatic heterocycles. The Labute approximate surface area is 90.2 Å². The summed E-state index contributed by atoms with van der Waals surface area (Å²) in [7, 11) is 0. The molecule has 1 heterocycles. The zero-order chi connectivity index (χ0) is 10.9. The summed E-state index contributed by atoms with van der Waals surface area (Å²) >= 11 is 0. The van der Waals surface area contributed by atoms with Crippen molar-refractivity contribution in [2.75, 3.05) is 0 Å². The normalized spacial score (nSPS) is 11.3. The van der Waals surface area contributed by atoms with Crippen LogP contribution in [-0.4, -0.2) is 4.98 Å². The van der Waals surface area contributed by atoms with E-state index in [0.29, 0.717) is 0 Å². The van der Waals surface area contributed by atoms with E-state index >= 15 is 0 Å². The highest BCUT2D eigenvalue weighted by molar-refractivity contribution is 5.78. The standard InChI is InChI=1S/C14H13N/c1-4-14(2,3)13-10-9-11-7-5-6-8-12(11)15-13/h1,5-10H,2-3H3. The van der Waals surface area contributed by atoms with Gasteiger partial charge in [0.2, 0.25) is 0 Å². The summed E-state index contributed by atoms with van der Waals surface area (Å²) < 4.78 is 0. The maximum Gasteiger partial charge on any atom is 0.0705 e. The Kier molecular flexibility index (Phi) is 2.21. The number of nitrogens with zero attached hydrogens (tertiary/aromatic N) is 1. The van der Waals surface area contributed by atoms with Crippen molar-refractivity contribution in [1.82, 2.24) is 4.98 Å². The van der Waals surface area contributed by atoms with Crippen LogP contribution < -0.4 is 0 Å². The molecular formula is C14H13N. The maximum atomic E-state index is 5.49. The van der Waals surface area contributed by atoms with Crippen LogP contribution in [0.4, 0.5) is 0 Å². The maximum absolute atomic E-state index is 5.49. The monoisotopic (exact) mass is 195 g/mol. The highest BCUT2D eigenvalue weighted by Gasteiger charge is 2.18. The number of rotatable bonds is 1. The molecule has 1 aromatic carbocycles. The lowest BCUT2D eigenvalue weighted by Gasteiger charge is -2.16. The first-order chi connectivity index (χ1) is 7.13. The Hall–Kier alpha value is -1.81. The van der Waals surface area contributed by atoms with Gasteiger partial charge in [0.05, 0.1) is 16.6 Å². The van der Waals surface area contributed by atoms with Crippen LogP contribution in [-0.2, 0) is 5.41 Å². The highest BCUT2D eigenvalue weighted by Crippen LogP contribution is 2.22. The predicted octanol–water partition coefficient (Wildman–Crippen LogP) is 3.15. The van der Waals surface area contributed by atoms with Crippen molar-refractivity contribution in [3.63, 3.8) is 0 Å². The van der Waals surface area contributed by atoms with E-state index in [1.54, 1.807) is 0 Å². The number of hydrogen-bond donors (Lipinski definition) is 0. The van der Waals surface area contributed by atoms with E-state index in [2.05, 4.69) is 23.0 Å². The first-order valence-electron chi connectivity index (χ1n) is 4.97. The summed E-state index contributed by atoms with van der Waals surface area (Å²) in [6, 6.07) is 12.1. The van der Waals surface area contributed by atoms with Gasteiger partial charge in [0.15, 0.2) is 0 Å². The molecule has 1 heteroatoms. The minimum atomic E-state index is -0.302. The Morgan fingerprint density at radius 1 is 1.13 bits per heavy atom. The third-order valence-electron chi connectivity index (χ3n) is 2.60. The largest absolute Gasteiger partial charge is 0.251 e. The molecule has 2 rings (SSSR count). The lowest BCUT2D eigenvalue weighted by Crippen LogP contribution is -2.15. The average Bonchev–Trinajstić information content (AvgIpc) is 2.28. The fourth-order valence-electron chi connectivity index (χ4n) is 1.49. The van der Waals surface area contributed by atoms with Crippen molar-refractivity contribution in [1.29, 1.82) is 0 Å². The second kappa shape index (κ2) is 3.40. The van der Waals surface area contributed by atoms with E-state index in [4.69, 9.17) is 6.42 Å². The molecule has 2 aromatic rings. The highest BCUT2D eigenvalue weighted by atomic mass is 14.7. The van der Waals surface area contributed by atoms with E-state index in [0.717, 1.165) is 16.6 Å². The summed E-state index contributed by atoms with van der Waals surface area (Å²) in [5.74, 6) is 2.76. The van der Waals surface area contributed by atoms with Crippen molar-refractivity contribution in [2.24, 2.45) is 0 Å². The quantitative estimate of drug-likeness (QED) is 0.637. The van der Waals surface area contributed by atoms with E-state index in [1.807, 2.05) is 38.1 Å². The second-order valence-corrected chi connectivity index (χ2v) is 4.16. The van der Waals surface area contributed by atoms with Gasteiger partial charge in [0.1, 0.15) is 0 Å². The van der Waals surface area contributed by atoms with Gasteiger partial charge in [-0.25, -0.2) is 0 Å². The van der Waals surface area contributed by atoms with Crippen LogP contribution in [0.3, 0.4) is 0 Å². The smallest absolute Gasteiger partial charge is 0.0705 e. The molecule has 74 valence electrons. The number of para-hydroxylation sites is 1. The zero-order valence-electron chi connectivity index (χ0n) is 8.99. The Balaban J connectivity index is 2.63. The van der Waals surface area contributed by atoms with Gasteiger partial charge in [0, 0.05) is 5.39 Å². The number of terminal acetylenes is 1. The van der Waals surface area contributed by atoms with Crippen molar-refractivity contribution in [3.8, 4) is 12.3 Å². The molecule has 1 nitrogen and oxygen atoms in total. The Bertz CT molecular complexity index is 532. The first kappa shape index (κ1) is 9.73. The van der Waals surface area contributed by atoms with Crippen molar-refractivity contribution in [2.45, 2.75) is 19.3 Å². The topological polar surface area (TPSA) is 12.9 Å². The number of pyridine rings is 1. The Morgan fingerprint density at radius 3 is 2.60 bits per heavy atom. The molecule has 0 fully saturated rings. The summed E-state index contributed by atoms with van der Waals surface area (Å²) in [4.78, 5) is 4.58. The number of benzene rings is 1. The molecule has 0 saturated carbocycles.